The van der Waals surface area contributed by atoms with Gasteiger partial charge < -0.3 is 0 Å². The summed E-state index contributed by atoms with van der Waals surface area (Å²) in [6.45, 7) is 26.9. The van der Waals surface area contributed by atoms with E-state index in [0.717, 1.165) is 72.3 Å². The summed E-state index contributed by atoms with van der Waals surface area (Å²) in [5, 5.41) is 0. The predicted molar refractivity (Wildman–Crippen MR) is 341 cm³/mol. The van der Waals surface area contributed by atoms with Crippen LogP contribution in [0.5, 0.6) is 0 Å². The lowest BCUT2D eigenvalue weighted by Gasteiger charge is -2.18. The van der Waals surface area contributed by atoms with Crippen LogP contribution in [0.3, 0.4) is 0 Å². The van der Waals surface area contributed by atoms with Crippen molar-refractivity contribution in [3.63, 3.8) is 0 Å². The van der Waals surface area contributed by atoms with Gasteiger partial charge in [-0.3, -0.25) is 4.79 Å². The first-order valence-electron chi connectivity index (χ1n) is 27.4. The third kappa shape index (κ3) is 16.1. The molecule has 0 N–H and O–H groups in total. The molecular formula is C77H76O. The lowest BCUT2D eigenvalue weighted by Crippen LogP contribution is -2.10. The third-order valence-corrected chi connectivity index (χ3v) is 14.1. The molecule has 8 rings (SSSR count). The fourth-order valence-corrected chi connectivity index (χ4v) is 9.23. The van der Waals surface area contributed by atoms with Crippen LogP contribution in [0.2, 0.25) is 0 Å². The van der Waals surface area contributed by atoms with Gasteiger partial charge in [-0.25, -0.2) is 0 Å². The van der Waals surface area contributed by atoms with E-state index in [0.29, 0.717) is 5.57 Å². The molecule has 0 saturated carbocycles. The van der Waals surface area contributed by atoms with Gasteiger partial charge >= 0.3 is 0 Å². The molecule has 1 aliphatic carbocycles. The average Bonchev–Trinajstić information content (AvgIpc) is 3.96. The van der Waals surface area contributed by atoms with Crippen molar-refractivity contribution in [2.75, 3.05) is 0 Å². The molecule has 0 aromatic heterocycles. The van der Waals surface area contributed by atoms with E-state index in [1.54, 1.807) is 6.08 Å². The second-order valence-corrected chi connectivity index (χ2v) is 24.9. The van der Waals surface area contributed by atoms with Crippen LogP contribution in [-0.2, 0) is 32.9 Å². The van der Waals surface area contributed by atoms with Crippen molar-refractivity contribution in [3.05, 3.63) is 275 Å². The van der Waals surface area contributed by atoms with Gasteiger partial charge in [0.05, 0.1) is 5.57 Å². The molecule has 0 bridgehead atoms. The minimum absolute atomic E-state index is 0.0161. The van der Waals surface area contributed by atoms with Crippen LogP contribution in [0.25, 0.3) is 72.9 Å². The number of rotatable bonds is 15. The van der Waals surface area contributed by atoms with Gasteiger partial charge in [-0.2, -0.15) is 0 Å². The Morgan fingerprint density at radius 1 is 0.321 bits per heavy atom. The van der Waals surface area contributed by atoms with E-state index in [2.05, 4.69) is 325 Å². The molecule has 0 heterocycles. The molecule has 78 heavy (non-hydrogen) atoms. The summed E-state index contributed by atoms with van der Waals surface area (Å²) >= 11 is 0. The van der Waals surface area contributed by atoms with E-state index >= 15 is 0 Å². The fraction of sp³-hybridized carbons (Fsp3) is 0.221. The molecule has 1 nitrogen and oxygen atoms in total. The van der Waals surface area contributed by atoms with Crippen LogP contribution in [0.4, 0.5) is 0 Å². The Labute approximate surface area is 467 Å². The number of hydrogen-bond donors (Lipinski definition) is 0. The highest BCUT2D eigenvalue weighted by atomic mass is 16.1. The molecule has 0 fully saturated rings. The second kappa shape index (κ2) is 24.0. The van der Waals surface area contributed by atoms with Gasteiger partial charge in [0.25, 0.3) is 0 Å². The van der Waals surface area contributed by atoms with Gasteiger partial charge in [0, 0.05) is 12.5 Å². The normalized spacial score (nSPS) is 13.3. The number of benzene rings is 7. The molecule has 0 saturated heterocycles. The monoisotopic (exact) mass is 1020 g/mol. The van der Waals surface area contributed by atoms with Gasteiger partial charge in [-0.15, -0.1) is 0 Å². The molecule has 1 aliphatic rings. The summed E-state index contributed by atoms with van der Waals surface area (Å²) in [4.78, 5) is 13.6. The molecule has 0 atom stereocenters. The molecule has 7 aromatic carbocycles. The van der Waals surface area contributed by atoms with Crippen molar-refractivity contribution in [2.24, 2.45) is 0 Å². The van der Waals surface area contributed by atoms with Crippen molar-refractivity contribution in [1.82, 2.24) is 0 Å². The van der Waals surface area contributed by atoms with E-state index in [-0.39, 0.29) is 33.9 Å². The van der Waals surface area contributed by atoms with E-state index in [4.69, 9.17) is 0 Å². The number of Topliss-reactive ketones (excluding diaryl/α,β-unsaturated/α-hetero) is 1. The van der Waals surface area contributed by atoms with Crippen LogP contribution >= 0.6 is 0 Å². The molecule has 390 valence electrons. The fourth-order valence-electron chi connectivity index (χ4n) is 9.23. The summed E-state index contributed by atoms with van der Waals surface area (Å²) in [6.07, 6.45) is 28.1. The highest BCUT2D eigenvalue weighted by molar-refractivity contribution is 5.99. The molecule has 0 unspecified atom stereocenters. The van der Waals surface area contributed by atoms with Crippen LogP contribution in [0.15, 0.2) is 181 Å². The quantitative estimate of drug-likeness (QED) is 0.0739. The van der Waals surface area contributed by atoms with E-state index < -0.39 is 0 Å². The van der Waals surface area contributed by atoms with Crippen LogP contribution < -0.4 is 0 Å². The summed E-state index contributed by atoms with van der Waals surface area (Å²) in [6, 6.07) is 55.2. The lowest BCUT2D eigenvalue weighted by atomic mass is 9.86. The Kier molecular flexibility index (Phi) is 17.2. The smallest absolute Gasteiger partial charge is 0.176 e. The Balaban J connectivity index is 1.14. The van der Waals surface area contributed by atoms with Crippen molar-refractivity contribution >= 4 is 78.7 Å². The first kappa shape index (κ1) is 55.9. The van der Waals surface area contributed by atoms with Crippen molar-refractivity contribution in [1.29, 1.82) is 0 Å². The summed E-state index contributed by atoms with van der Waals surface area (Å²) < 4.78 is 0. The van der Waals surface area contributed by atoms with Crippen LogP contribution in [-0.4, -0.2) is 5.78 Å². The van der Waals surface area contributed by atoms with Crippen molar-refractivity contribution in [3.8, 4) is 0 Å². The molecule has 0 aliphatic heterocycles. The van der Waals surface area contributed by atoms with Gasteiger partial charge in [-0.05, 0) is 170 Å². The maximum Gasteiger partial charge on any atom is 0.176 e. The zero-order valence-electron chi connectivity index (χ0n) is 48.1. The van der Waals surface area contributed by atoms with Gasteiger partial charge in [0.1, 0.15) is 0 Å². The van der Waals surface area contributed by atoms with Gasteiger partial charge in [0.2, 0.25) is 0 Å². The van der Waals surface area contributed by atoms with Gasteiger partial charge in [0.15, 0.2) is 5.78 Å². The van der Waals surface area contributed by atoms with E-state index in [1.165, 1.54) is 22.3 Å². The zero-order chi connectivity index (χ0) is 55.7. The standard InChI is InChI=1S/C77H76O/c1-74(2,3)69-37-29-55(30-38-69)17-21-59-45-60(22-18-56-31-39-70(40-32-56)75(4,5)6)48-63(47-59)25-27-65-51-66(53-67(52-65)54-73(78)68-15-13-14-16-68)28-26-64-49-61(23-19-57-33-41-71(42-34-57)76(7,8)9)46-62(50-64)24-20-58-35-43-72(44-36-58)77(10,11)12/h15,17-53H,54H2,1-12H3/b21-17+,22-18+,23-19+,24-20+,27-25+,28-26+. The molecular weight excluding hydrogens is 941 g/mol. The number of carbonyl (C=O) groups is 1. The molecule has 7 aromatic rings. The topological polar surface area (TPSA) is 17.1 Å². The largest absolute Gasteiger partial charge is 0.293 e. The van der Waals surface area contributed by atoms with Crippen LogP contribution in [0, 0.1) is 0 Å². The Morgan fingerprint density at radius 2 is 0.538 bits per heavy atom. The molecule has 1 heteroatoms. The van der Waals surface area contributed by atoms with E-state index in [9.17, 15) is 4.79 Å². The Hall–Kier alpha value is -8.27. The highest BCUT2D eigenvalue weighted by Gasteiger charge is 2.16. The van der Waals surface area contributed by atoms with Crippen molar-refractivity contribution < 1.29 is 4.79 Å². The molecule has 0 amide bonds. The number of hydrogen-bond acceptors (Lipinski definition) is 1. The summed E-state index contributed by atoms with van der Waals surface area (Å²) in [7, 11) is 0. The maximum absolute atomic E-state index is 13.6. The predicted octanol–water partition coefficient (Wildman–Crippen LogP) is 20.4. The second-order valence-electron chi connectivity index (χ2n) is 24.9. The molecule has 0 spiro atoms. The van der Waals surface area contributed by atoms with Gasteiger partial charge in [-0.1, -0.05) is 271 Å². The highest BCUT2D eigenvalue weighted by Crippen LogP contribution is 2.29. The SMILES string of the molecule is CC(C)(C)c1ccc(/C=C/c2cc(/C=C/c3ccc(C(C)(C)C)cc3)cc(/C=C/c3cc(/C=C/c4cc(/C=C/c5ccc(C(C)(C)C)cc5)cc(/C=C/c5ccc(C(C)(C)C)cc5)c4)cc(CC(=O)C4=C=C=C=C4)c3)c2)cc1. The summed E-state index contributed by atoms with van der Waals surface area (Å²) in [5.41, 5.74) is 28.8. The first-order valence-corrected chi connectivity index (χ1v) is 27.4. The lowest BCUT2D eigenvalue weighted by molar-refractivity contribution is -0.114. The minimum atomic E-state index is -0.0161. The Bertz CT molecular complexity index is 3240. The average molecular weight is 1020 g/mol. The number of ketones is 1. The molecule has 0 radical (unpaired) electrons. The maximum atomic E-state index is 13.6. The summed E-state index contributed by atoms with van der Waals surface area (Å²) in [5.74, 6) is -0.0161. The minimum Gasteiger partial charge on any atom is -0.293 e. The van der Waals surface area contributed by atoms with Crippen LogP contribution in [0.1, 0.15) is 178 Å². The number of carbonyl (C=O) groups excluding carboxylic acids is 1. The zero-order valence-corrected chi connectivity index (χ0v) is 48.1. The number of allylic oxidation sites excluding steroid dienone is 2. The van der Waals surface area contributed by atoms with E-state index in [1.807, 2.05) is 0 Å². The first-order chi connectivity index (χ1) is 37.0. The third-order valence-electron chi connectivity index (χ3n) is 14.1. The Morgan fingerprint density at radius 3 is 0.744 bits per heavy atom. The van der Waals surface area contributed by atoms with Crippen molar-refractivity contribution in [2.45, 2.75) is 111 Å².